The van der Waals surface area contributed by atoms with E-state index in [4.69, 9.17) is 4.74 Å². The van der Waals surface area contributed by atoms with Crippen molar-refractivity contribution in [2.75, 3.05) is 43.1 Å². The van der Waals surface area contributed by atoms with E-state index < -0.39 is 0 Å². The van der Waals surface area contributed by atoms with Gasteiger partial charge < -0.3 is 20.3 Å². The van der Waals surface area contributed by atoms with Crippen molar-refractivity contribution in [2.45, 2.75) is 19.8 Å². The third kappa shape index (κ3) is 5.10. The third-order valence-corrected chi connectivity index (χ3v) is 4.74. The second-order valence-electron chi connectivity index (χ2n) is 6.76. The Kier molecular flexibility index (Phi) is 7.03. The normalized spacial score (nSPS) is 13.8. The summed E-state index contributed by atoms with van der Waals surface area (Å²) in [5.41, 5.74) is 2.62. The van der Waals surface area contributed by atoms with E-state index in [-0.39, 0.29) is 11.8 Å². The van der Waals surface area contributed by atoms with Gasteiger partial charge in [0.2, 0.25) is 0 Å². The Labute approximate surface area is 165 Å². The Morgan fingerprint density at radius 3 is 2.43 bits per heavy atom. The molecule has 1 saturated heterocycles. The lowest BCUT2D eigenvalue weighted by Crippen LogP contribution is -2.36. The molecule has 2 amide bonds. The van der Waals surface area contributed by atoms with Crippen LogP contribution in [0.2, 0.25) is 0 Å². The number of amides is 2. The number of nitrogens with zero attached hydrogens (tertiary/aromatic N) is 1. The molecule has 0 saturated carbocycles. The number of hydrogen-bond donors (Lipinski definition) is 2. The van der Waals surface area contributed by atoms with Gasteiger partial charge in [0, 0.05) is 30.9 Å². The summed E-state index contributed by atoms with van der Waals surface area (Å²) in [6.07, 6.45) is 1.94. The van der Waals surface area contributed by atoms with E-state index in [1.54, 1.807) is 24.3 Å². The Morgan fingerprint density at radius 2 is 1.71 bits per heavy atom. The Balaban J connectivity index is 1.66. The van der Waals surface area contributed by atoms with Gasteiger partial charge in [-0.1, -0.05) is 25.5 Å². The molecule has 2 N–H and O–H groups in total. The van der Waals surface area contributed by atoms with Crippen molar-refractivity contribution in [3.05, 3.63) is 59.7 Å². The summed E-state index contributed by atoms with van der Waals surface area (Å²) < 4.78 is 5.37. The van der Waals surface area contributed by atoms with Crippen LogP contribution in [0.3, 0.4) is 0 Å². The number of para-hydroxylation sites is 1. The van der Waals surface area contributed by atoms with Crippen molar-refractivity contribution < 1.29 is 14.3 Å². The Hall–Kier alpha value is -2.86. The van der Waals surface area contributed by atoms with Gasteiger partial charge in [0.15, 0.2) is 0 Å². The predicted octanol–water partition coefficient (Wildman–Crippen LogP) is 3.31. The van der Waals surface area contributed by atoms with E-state index >= 15 is 0 Å². The maximum absolute atomic E-state index is 12.7. The summed E-state index contributed by atoms with van der Waals surface area (Å²) in [6.45, 7) is 5.85. The van der Waals surface area contributed by atoms with E-state index in [1.165, 1.54) is 0 Å². The summed E-state index contributed by atoms with van der Waals surface area (Å²) in [6, 6.07) is 14.6. The van der Waals surface area contributed by atoms with E-state index in [0.29, 0.717) is 23.4 Å². The summed E-state index contributed by atoms with van der Waals surface area (Å²) >= 11 is 0. The number of morpholine rings is 1. The average Bonchev–Trinajstić information content (AvgIpc) is 2.75. The van der Waals surface area contributed by atoms with Crippen molar-refractivity contribution in [3.63, 3.8) is 0 Å². The van der Waals surface area contributed by atoms with E-state index in [9.17, 15) is 9.59 Å². The lowest BCUT2D eigenvalue weighted by Gasteiger charge is -2.28. The van der Waals surface area contributed by atoms with Gasteiger partial charge >= 0.3 is 0 Å². The zero-order valence-corrected chi connectivity index (χ0v) is 16.2. The minimum absolute atomic E-state index is 0.174. The number of anilines is 2. The van der Waals surface area contributed by atoms with Crippen molar-refractivity contribution in [1.82, 2.24) is 5.32 Å². The summed E-state index contributed by atoms with van der Waals surface area (Å²) in [7, 11) is 0. The third-order valence-electron chi connectivity index (χ3n) is 4.74. The van der Waals surface area contributed by atoms with Crippen LogP contribution in [0.25, 0.3) is 0 Å². The van der Waals surface area contributed by atoms with Crippen LogP contribution in [0, 0.1) is 0 Å². The molecule has 0 spiro atoms. The molecule has 148 valence electrons. The fourth-order valence-electron chi connectivity index (χ4n) is 3.10. The molecule has 1 aliphatic rings. The van der Waals surface area contributed by atoms with E-state index in [0.717, 1.165) is 44.8 Å². The zero-order valence-electron chi connectivity index (χ0n) is 16.2. The molecule has 0 unspecified atom stereocenters. The highest BCUT2D eigenvalue weighted by molar-refractivity contribution is 6.09. The van der Waals surface area contributed by atoms with Crippen LogP contribution in [0.15, 0.2) is 48.5 Å². The smallest absolute Gasteiger partial charge is 0.255 e. The fourth-order valence-corrected chi connectivity index (χ4v) is 3.10. The first-order valence-corrected chi connectivity index (χ1v) is 9.80. The van der Waals surface area contributed by atoms with Gasteiger partial charge in [0.05, 0.1) is 24.5 Å². The van der Waals surface area contributed by atoms with Crippen molar-refractivity contribution in [2.24, 2.45) is 0 Å². The number of unbranched alkanes of at least 4 members (excludes halogenated alkanes) is 1. The highest BCUT2D eigenvalue weighted by atomic mass is 16.5. The van der Waals surface area contributed by atoms with Gasteiger partial charge in [-0.25, -0.2) is 0 Å². The molecule has 0 aromatic heterocycles. The van der Waals surface area contributed by atoms with Crippen molar-refractivity contribution in [3.8, 4) is 0 Å². The standard InChI is InChI=1S/C22H27N3O3/c1-2-3-12-23-22(27)19-6-4-5-7-20(19)24-21(26)17-8-10-18(11-9-17)25-13-15-28-16-14-25/h4-11H,2-3,12-16H2,1H3,(H,23,27)(H,24,26). The zero-order chi connectivity index (χ0) is 19.8. The molecule has 2 aromatic rings. The molecule has 6 nitrogen and oxygen atoms in total. The highest BCUT2D eigenvalue weighted by Gasteiger charge is 2.15. The molecule has 3 rings (SSSR count). The minimum Gasteiger partial charge on any atom is -0.378 e. The van der Waals surface area contributed by atoms with E-state index in [2.05, 4.69) is 22.5 Å². The first-order valence-electron chi connectivity index (χ1n) is 9.80. The summed E-state index contributed by atoms with van der Waals surface area (Å²) in [5, 5.41) is 5.75. The Bertz CT molecular complexity index is 799. The van der Waals surface area contributed by atoms with Gasteiger partial charge in [-0.2, -0.15) is 0 Å². The second kappa shape index (κ2) is 9.90. The maximum atomic E-state index is 12.7. The van der Waals surface area contributed by atoms with Crippen molar-refractivity contribution in [1.29, 1.82) is 0 Å². The van der Waals surface area contributed by atoms with Gasteiger partial charge in [0.1, 0.15) is 0 Å². The molecule has 1 heterocycles. The second-order valence-corrected chi connectivity index (χ2v) is 6.76. The quantitative estimate of drug-likeness (QED) is 0.722. The number of ether oxygens (including phenoxy) is 1. The number of rotatable bonds is 7. The number of hydrogen-bond acceptors (Lipinski definition) is 4. The molecule has 1 aliphatic heterocycles. The number of nitrogens with one attached hydrogen (secondary N) is 2. The van der Waals surface area contributed by atoms with Crippen LogP contribution in [0.5, 0.6) is 0 Å². The SMILES string of the molecule is CCCCNC(=O)c1ccccc1NC(=O)c1ccc(N2CCOCC2)cc1. The fraction of sp³-hybridized carbons (Fsp3) is 0.364. The lowest BCUT2D eigenvalue weighted by molar-refractivity contribution is 0.0954. The molecule has 0 atom stereocenters. The molecular formula is C22H27N3O3. The molecule has 1 fully saturated rings. The monoisotopic (exact) mass is 381 g/mol. The summed E-state index contributed by atoms with van der Waals surface area (Å²) in [4.78, 5) is 27.3. The van der Waals surface area contributed by atoms with Crippen LogP contribution in [-0.2, 0) is 4.74 Å². The van der Waals surface area contributed by atoms with E-state index in [1.807, 2.05) is 24.3 Å². The van der Waals surface area contributed by atoms with Crippen LogP contribution in [-0.4, -0.2) is 44.7 Å². The van der Waals surface area contributed by atoms with Crippen LogP contribution < -0.4 is 15.5 Å². The molecule has 0 bridgehead atoms. The predicted molar refractivity (Wildman–Crippen MR) is 111 cm³/mol. The highest BCUT2D eigenvalue weighted by Crippen LogP contribution is 2.19. The molecule has 28 heavy (non-hydrogen) atoms. The summed E-state index contributed by atoms with van der Waals surface area (Å²) in [5.74, 6) is -0.408. The van der Waals surface area contributed by atoms with Crippen LogP contribution in [0.4, 0.5) is 11.4 Å². The number of carbonyl (C=O) groups is 2. The largest absolute Gasteiger partial charge is 0.378 e. The van der Waals surface area contributed by atoms with Crippen LogP contribution >= 0.6 is 0 Å². The Morgan fingerprint density at radius 1 is 1.00 bits per heavy atom. The number of benzene rings is 2. The van der Waals surface area contributed by atoms with Crippen molar-refractivity contribution >= 4 is 23.2 Å². The lowest BCUT2D eigenvalue weighted by atomic mass is 10.1. The van der Waals surface area contributed by atoms with Gasteiger partial charge in [-0.3, -0.25) is 9.59 Å². The van der Waals surface area contributed by atoms with Crippen LogP contribution in [0.1, 0.15) is 40.5 Å². The molecular weight excluding hydrogens is 354 g/mol. The first kappa shape index (κ1) is 19.9. The van der Waals surface area contributed by atoms with Gasteiger partial charge in [-0.05, 0) is 42.8 Å². The molecule has 6 heteroatoms. The van der Waals surface area contributed by atoms with Gasteiger partial charge in [-0.15, -0.1) is 0 Å². The average molecular weight is 381 g/mol. The van der Waals surface area contributed by atoms with Gasteiger partial charge in [0.25, 0.3) is 11.8 Å². The number of carbonyl (C=O) groups excluding carboxylic acids is 2. The topological polar surface area (TPSA) is 70.7 Å². The molecule has 2 aromatic carbocycles. The molecule has 0 radical (unpaired) electrons. The maximum Gasteiger partial charge on any atom is 0.255 e. The minimum atomic E-state index is -0.234. The first-order chi connectivity index (χ1) is 13.7. The molecule has 0 aliphatic carbocycles.